The average molecular weight is 395 g/mol. The van der Waals surface area contributed by atoms with E-state index in [0.29, 0.717) is 17.8 Å². The first-order valence-electron chi connectivity index (χ1n) is 12.0. The maximum Gasteiger partial charge on any atom is 0.192 e. The molecule has 0 aromatic rings. The SMILES string of the molecule is CC[Si](CC)(CC)OC(C)CCC[C@@H](C)[C@H]1CCC[C@H]2C(=O)CCC[C@]12C. The lowest BCUT2D eigenvalue weighted by Crippen LogP contribution is -2.47. The highest BCUT2D eigenvalue weighted by Crippen LogP contribution is 2.55. The van der Waals surface area contributed by atoms with Gasteiger partial charge >= 0.3 is 0 Å². The van der Waals surface area contributed by atoms with Crippen LogP contribution >= 0.6 is 0 Å². The van der Waals surface area contributed by atoms with Crippen LogP contribution in [0.25, 0.3) is 0 Å². The fourth-order valence-corrected chi connectivity index (χ4v) is 9.49. The molecule has 0 spiro atoms. The Morgan fingerprint density at radius 1 is 1.07 bits per heavy atom. The van der Waals surface area contributed by atoms with Gasteiger partial charge in [0.05, 0.1) is 0 Å². The van der Waals surface area contributed by atoms with Crippen molar-refractivity contribution in [1.82, 2.24) is 0 Å². The van der Waals surface area contributed by atoms with Crippen molar-refractivity contribution in [1.29, 1.82) is 0 Å². The van der Waals surface area contributed by atoms with Gasteiger partial charge in [0.25, 0.3) is 0 Å². The molecule has 2 nitrogen and oxygen atoms in total. The Bertz CT molecular complexity index is 465. The molecule has 27 heavy (non-hydrogen) atoms. The summed E-state index contributed by atoms with van der Waals surface area (Å²) in [5.41, 5.74) is 0.282. The van der Waals surface area contributed by atoms with Crippen molar-refractivity contribution in [2.75, 3.05) is 0 Å². The molecule has 1 unspecified atom stereocenters. The first-order chi connectivity index (χ1) is 12.8. The van der Waals surface area contributed by atoms with Crippen LogP contribution in [0.3, 0.4) is 0 Å². The van der Waals surface area contributed by atoms with E-state index in [1.54, 1.807) is 0 Å². The van der Waals surface area contributed by atoms with E-state index in [9.17, 15) is 4.79 Å². The largest absolute Gasteiger partial charge is 0.414 e. The summed E-state index contributed by atoms with van der Waals surface area (Å²) in [6.07, 6.45) is 11.2. The topological polar surface area (TPSA) is 26.3 Å². The molecule has 0 radical (unpaired) electrons. The first-order valence-corrected chi connectivity index (χ1v) is 14.5. The lowest BCUT2D eigenvalue weighted by molar-refractivity contribution is -0.137. The molecule has 0 bridgehead atoms. The van der Waals surface area contributed by atoms with Crippen LogP contribution < -0.4 is 0 Å². The van der Waals surface area contributed by atoms with Crippen molar-refractivity contribution in [2.45, 2.75) is 124 Å². The van der Waals surface area contributed by atoms with E-state index in [0.717, 1.165) is 31.1 Å². The van der Waals surface area contributed by atoms with Crippen molar-refractivity contribution < 1.29 is 9.22 Å². The Hall–Kier alpha value is -0.153. The number of rotatable bonds is 10. The number of carbonyl (C=O) groups excluding carboxylic acids is 1. The Labute approximate surface area is 170 Å². The molecule has 2 fully saturated rings. The number of ketones is 1. The first kappa shape index (κ1) is 23.1. The highest BCUT2D eigenvalue weighted by molar-refractivity contribution is 6.73. The second-order valence-corrected chi connectivity index (χ2v) is 14.7. The average Bonchev–Trinajstić information content (AvgIpc) is 2.65. The predicted octanol–water partition coefficient (Wildman–Crippen LogP) is 7.38. The number of hydrogen-bond donors (Lipinski definition) is 0. The number of carbonyl (C=O) groups is 1. The van der Waals surface area contributed by atoms with Gasteiger partial charge in [0.1, 0.15) is 5.78 Å². The number of Topliss-reactive ketones (excluding diaryl/α,β-unsaturated/α-hetero) is 1. The molecule has 0 saturated heterocycles. The third-order valence-electron chi connectivity index (χ3n) is 8.52. The summed E-state index contributed by atoms with van der Waals surface area (Å²) >= 11 is 0. The maximum atomic E-state index is 12.5. The molecule has 0 heterocycles. The zero-order valence-corrected chi connectivity index (χ0v) is 20.1. The summed E-state index contributed by atoms with van der Waals surface area (Å²) < 4.78 is 6.63. The smallest absolute Gasteiger partial charge is 0.192 e. The second-order valence-electron chi connectivity index (χ2n) is 10.00. The highest BCUT2D eigenvalue weighted by Gasteiger charge is 2.49. The molecule has 5 atom stereocenters. The minimum absolute atomic E-state index is 0.282. The van der Waals surface area contributed by atoms with E-state index in [1.165, 1.54) is 56.7 Å². The molecule has 0 amide bonds. The summed E-state index contributed by atoms with van der Waals surface area (Å²) in [7, 11) is -1.47. The van der Waals surface area contributed by atoms with Gasteiger partial charge in [0.15, 0.2) is 8.32 Å². The number of hydrogen-bond acceptors (Lipinski definition) is 2. The van der Waals surface area contributed by atoms with Crippen molar-refractivity contribution in [3.8, 4) is 0 Å². The molecule has 158 valence electrons. The Balaban J connectivity index is 1.86. The molecular weight excluding hydrogens is 348 g/mol. The zero-order valence-electron chi connectivity index (χ0n) is 19.1. The third-order valence-corrected chi connectivity index (χ3v) is 13.3. The lowest BCUT2D eigenvalue weighted by Gasteiger charge is -2.52. The second kappa shape index (κ2) is 10.0. The van der Waals surface area contributed by atoms with Gasteiger partial charge in [-0.15, -0.1) is 0 Å². The van der Waals surface area contributed by atoms with E-state index in [-0.39, 0.29) is 5.41 Å². The van der Waals surface area contributed by atoms with E-state index in [1.807, 2.05) is 0 Å². The number of fused-ring (bicyclic) bond motifs is 1. The summed E-state index contributed by atoms with van der Waals surface area (Å²) in [4.78, 5) is 12.5. The van der Waals surface area contributed by atoms with Gasteiger partial charge in [-0.3, -0.25) is 4.79 Å². The zero-order chi connectivity index (χ0) is 20.1. The van der Waals surface area contributed by atoms with Crippen LogP contribution in [0, 0.1) is 23.2 Å². The molecule has 2 aliphatic carbocycles. The van der Waals surface area contributed by atoms with Gasteiger partial charge in [-0.1, -0.05) is 53.9 Å². The minimum atomic E-state index is -1.47. The van der Waals surface area contributed by atoms with Gasteiger partial charge < -0.3 is 4.43 Å². The van der Waals surface area contributed by atoms with Crippen molar-refractivity contribution in [2.24, 2.45) is 23.2 Å². The Morgan fingerprint density at radius 3 is 2.37 bits per heavy atom. The van der Waals surface area contributed by atoms with Crippen LogP contribution in [0.5, 0.6) is 0 Å². The van der Waals surface area contributed by atoms with Gasteiger partial charge in [-0.05, 0) is 74.4 Å². The maximum absolute atomic E-state index is 12.5. The van der Waals surface area contributed by atoms with Crippen molar-refractivity contribution >= 4 is 14.1 Å². The summed E-state index contributed by atoms with van der Waals surface area (Å²) in [6, 6.07) is 3.74. The molecular formula is C24H46O2Si. The van der Waals surface area contributed by atoms with Crippen LogP contribution in [0.2, 0.25) is 18.1 Å². The van der Waals surface area contributed by atoms with E-state index in [4.69, 9.17) is 4.43 Å². The van der Waals surface area contributed by atoms with Crippen LogP contribution in [0.15, 0.2) is 0 Å². The van der Waals surface area contributed by atoms with E-state index in [2.05, 4.69) is 41.5 Å². The van der Waals surface area contributed by atoms with Gasteiger partial charge in [0.2, 0.25) is 0 Å². The molecule has 0 aromatic carbocycles. The fraction of sp³-hybridized carbons (Fsp3) is 0.958. The quantitative estimate of drug-likeness (QED) is 0.361. The van der Waals surface area contributed by atoms with E-state index < -0.39 is 8.32 Å². The van der Waals surface area contributed by atoms with E-state index >= 15 is 0 Å². The molecule has 0 aliphatic heterocycles. The third kappa shape index (κ3) is 5.26. The summed E-state index contributed by atoms with van der Waals surface area (Å²) in [6.45, 7) is 14.2. The van der Waals surface area contributed by atoms with Crippen molar-refractivity contribution in [3.05, 3.63) is 0 Å². The molecule has 0 N–H and O–H groups in total. The summed E-state index contributed by atoms with van der Waals surface area (Å²) in [5.74, 6) is 2.41. The van der Waals surface area contributed by atoms with Crippen molar-refractivity contribution in [3.63, 3.8) is 0 Å². The van der Waals surface area contributed by atoms with Gasteiger partial charge in [-0.25, -0.2) is 0 Å². The van der Waals surface area contributed by atoms with Crippen LogP contribution in [-0.4, -0.2) is 20.2 Å². The normalized spacial score (nSPS) is 31.4. The summed E-state index contributed by atoms with van der Waals surface area (Å²) in [5, 5.41) is 0. The molecule has 2 rings (SSSR count). The monoisotopic (exact) mass is 394 g/mol. The van der Waals surface area contributed by atoms with Crippen LogP contribution in [0.4, 0.5) is 0 Å². The molecule has 3 heteroatoms. The minimum Gasteiger partial charge on any atom is -0.414 e. The Kier molecular flexibility index (Phi) is 8.61. The van der Waals surface area contributed by atoms with Gasteiger partial charge in [0, 0.05) is 18.4 Å². The highest BCUT2D eigenvalue weighted by atomic mass is 28.4. The van der Waals surface area contributed by atoms with Crippen LogP contribution in [0.1, 0.15) is 99.3 Å². The standard InChI is InChI=1S/C24H46O2Si/c1-7-27(8-2,9-3)26-20(5)14-10-13-19(4)21-15-11-16-22-23(25)17-12-18-24(21,22)6/h19-22H,7-18H2,1-6H3/t19-,20?,21-,22+,24-/m1/s1. The fourth-order valence-electron chi connectivity index (χ4n) is 6.51. The molecule has 2 saturated carbocycles. The predicted molar refractivity (Wildman–Crippen MR) is 119 cm³/mol. The lowest BCUT2D eigenvalue weighted by atomic mass is 9.52. The Morgan fingerprint density at radius 2 is 1.74 bits per heavy atom. The van der Waals surface area contributed by atoms with Crippen LogP contribution in [-0.2, 0) is 9.22 Å². The molecule has 2 aliphatic rings. The molecule has 0 aromatic heterocycles. The van der Waals surface area contributed by atoms with Gasteiger partial charge in [-0.2, -0.15) is 0 Å².